The molecule has 2 N–H and O–H groups in total. The highest BCUT2D eigenvalue weighted by molar-refractivity contribution is 6.30. The van der Waals surface area contributed by atoms with E-state index in [4.69, 9.17) is 11.6 Å². The Morgan fingerprint density at radius 3 is 2.50 bits per heavy atom. The summed E-state index contributed by atoms with van der Waals surface area (Å²) < 4.78 is 0. The number of halogens is 1. The van der Waals surface area contributed by atoms with Crippen molar-refractivity contribution in [3.05, 3.63) is 34.9 Å². The maximum absolute atomic E-state index is 9.20. The molecule has 0 bridgehead atoms. The fourth-order valence-electron chi connectivity index (χ4n) is 2.82. The summed E-state index contributed by atoms with van der Waals surface area (Å²) in [5.74, 6) is 0. The molecule has 2 rings (SSSR count). The third kappa shape index (κ3) is 4.19. The molecule has 1 unspecified atom stereocenters. The van der Waals surface area contributed by atoms with E-state index in [9.17, 15) is 5.11 Å². The van der Waals surface area contributed by atoms with Gasteiger partial charge >= 0.3 is 0 Å². The van der Waals surface area contributed by atoms with E-state index in [0.29, 0.717) is 12.1 Å². The van der Waals surface area contributed by atoms with E-state index in [2.05, 4.69) is 22.3 Å². The van der Waals surface area contributed by atoms with Crippen LogP contribution in [0, 0.1) is 0 Å². The van der Waals surface area contributed by atoms with Crippen LogP contribution >= 0.6 is 11.6 Å². The first-order valence-corrected chi connectivity index (χ1v) is 7.90. The minimum atomic E-state index is 0.252. The normalized spacial score (nSPS) is 17.2. The van der Waals surface area contributed by atoms with Gasteiger partial charge in [0, 0.05) is 30.2 Å². The minimum absolute atomic E-state index is 0.252. The fourth-order valence-corrected chi connectivity index (χ4v) is 2.95. The van der Waals surface area contributed by atoms with Crippen molar-refractivity contribution in [2.24, 2.45) is 0 Å². The molecule has 0 spiro atoms. The molecule has 0 aliphatic heterocycles. The first-order chi connectivity index (χ1) is 9.74. The van der Waals surface area contributed by atoms with Crippen molar-refractivity contribution < 1.29 is 5.11 Å². The zero-order valence-corrected chi connectivity index (χ0v) is 12.9. The fraction of sp³-hybridized carbons (Fsp3) is 0.625. The Bertz CT molecular complexity index is 392. The van der Waals surface area contributed by atoms with Crippen molar-refractivity contribution in [2.45, 2.75) is 37.8 Å². The Balaban J connectivity index is 1.89. The van der Waals surface area contributed by atoms with Crippen molar-refractivity contribution in [1.82, 2.24) is 10.2 Å². The summed E-state index contributed by atoms with van der Waals surface area (Å²) >= 11 is 5.94. The van der Waals surface area contributed by atoms with Crippen LogP contribution in [0.5, 0.6) is 0 Å². The monoisotopic (exact) mass is 296 g/mol. The number of benzene rings is 1. The van der Waals surface area contributed by atoms with E-state index < -0.39 is 0 Å². The molecule has 3 nitrogen and oxygen atoms in total. The predicted molar refractivity (Wildman–Crippen MR) is 84.2 cm³/mol. The lowest BCUT2D eigenvalue weighted by molar-refractivity contribution is 0.0972. The first kappa shape index (κ1) is 15.8. The molecule has 1 fully saturated rings. The molecule has 0 amide bonds. The average Bonchev–Trinajstić information content (AvgIpc) is 2.39. The Labute approximate surface area is 126 Å². The van der Waals surface area contributed by atoms with Gasteiger partial charge in [0.1, 0.15) is 0 Å². The quantitative estimate of drug-likeness (QED) is 0.774. The molecular formula is C16H25ClN2O. The second-order valence-corrected chi connectivity index (χ2v) is 5.96. The number of nitrogens with one attached hydrogen (secondary N) is 1. The van der Waals surface area contributed by atoms with Crippen LogP contribution in [0.15, 0.2) is 24.3 Å². The zero-order chi connectivity index (χ0) is 14.4. The van der Waals surface area contributed by atoms with E-state index in [1.54, 1.807) is 0 Å². The molecule has 20 heavy (non-hydrogen) atoms. The summed E-state index contributed by atoms with van der Waals surface area (Å²) in [6.45, 7) is 2.07. The van der Waals surface area contributed by atoms with Crippen LogP contribution in [-0.2, 0) is 0 Å². The van der Waals surface area contributed by atoms with E-state index in [-0.39, 0.29) is 6.61 Å². The van der Waals surface area contributed by atoms with E-state index in [1.807, 2.05) is 19.2 Å². The highest BCUT2D eigenvalue weighted by Crippen LogP contribution is 2.26. The van der Waals surface area contributed by atoms with Gasteiger partial charge in [0.05, 0.1) is 6.61 Å². The Morgan fingerprint density at radius 1 is 1.30 bits per heavy atom. The molecule has 112 valence electrons. The lowest BCUT2D eigenvalue weighted by Gasteiger charge is -2.38. The summed E-state index contributed by atoms with van der Waals surface area (Å²) in [7, 11) is 2.00. The SMILES string of the molecule is CNC(CCN(CCO)C1CCC1)c1ccc(Cl)cc1. The van der Waals surface area contributed by atoms with Crippen molar-refractivity contribution >= 4 is 11.6 Å². The number of rotatable bonds is 8. The molecule has 0 radical (unpaired) electrons. The van der Waals surface area contributed by atoms with Crippen molar-refractivity contribution in [3.8, 4) is 0 Å². The molecule has 0 heterocycles. The summed E-state index contributed by atoms with van der Waals surface area (Å²) in [5, 5.41) is 13.4. The molecule has 1 aliphatic carbocycles. The van der Waals surface area contributed by atoms with Gasteiger partial charge in [-0.25, -0.2) is 0 Å². The molecule has 1 atom stereocenters. The van der Waals surface area contributed by atoms with Crippen LogP contribution in [0.4, 0.5) is 0 Å². The Hall–Kier alpha value is -0.610. The van der Waals surface area contributed by atoms with Gasteiger partial charge in [-0.1, -0.05) is 30.2 Å². The summed E-state index contributed by atoms with van der Waals surface area (Å²) in [5.41, 5.74) is 1.27. The van der Waals surface area contributed by atoms with Gasteiger partial charge in [-0.05, 0) is 44.0 Å². The van der Waals surface area contributed by atoms with Gasteiger partial charge in [-0.2, -0.15) is 0 Å². The van der Waals surface area contributed by atoms with Crippen LogP contribution in [0.25, 0.3) is 0 Å². The number of nitrogens with zero attached hydrogens (tertiary/aromatic N) is 1. The third-order valence-corrected chi connectivity index (χ3v) is 4.56. The second kappa shape index (κ2) is 7.99. The number of aliphatic hydroxyl groups excluding tert-OH is 1. The van der Waals surface area contributed by atoms with Crippen molar-refractivity contribution in [2.75, 3.05) is 26.7 Å². The molecule has 4 heteroatoms. The van der Waals surface area contributed by atoms with Crippen molar-refractivity contribution in [1.29, 1.82) is 0 Å². The smallest absolute Gasteiger partial charge is 0.0558 e. The molecule has 0 saturated heterocycles. The maximum Gasteiger partial charge on any atom is 0.0558 e. The van der Waals surface area contributed by atoms with Crippen molar-refractivity contribution in [3.63, 3.8) is 0 Å². The Morgan fingerprint density at radius 2 is 2.00 bits per heavy atom. The van der Waals surface area contributed by atoms with Gasteiger partial charge in [-0.15, -0.1) is 0 Å². The zero-order valence-electron chi connectivity index (χ0n) is 12.2. The van der Waals surface area contributed by atoms with E-state index in [1.165, 1.54) is 24.8 Å². The van der Waals surface area contributed by atoms with E-state index in [0.717, 1.165) is 24.5 Å². The van der Waals surface area contributed by atoms with Crippen LogP contribution in [0.2, 0.25) is 5.02 Å². The third-order valence-electron chi connectivity index (χ3n) is 4.30. The first-order valence-electron chi connectivity index (χ1n) is 7.52. The second-order valence-electron chi connectivity index (χ2n) is 5.53. The largest absolute Gasteiger partial charge is 0.395 e. The number of aliphatic hydroxyl groups is 1. The highest BCUT2D eigenvalue weighted by atomic mass is 35.5. The standard InChI is InChI=1S/C16H25ClN2O/c1-18-16(13-5-7-14(17)8-6-13)9-10-19(11-12-20)15-3-2-4-15/h5-8,15-16,18,20H,2-4,9-12H2,1H3. The van der Waals surface area contributed by atoms with Crippen LogP contribution in [0.1, 0.15) is 37.3 Å². The molecular weight excluding hydrogens is 272 g/mol. The number of hydrogen-bond donors (Lipinski definition) is 2. The van der Waals surface area contributed by atoms with Crippen LogP contribution < -0.4 is 5.32 Å². The molecule has 0 aromatic heterocycles. The average molecular weight is 297 g/mol. The Kier molecular flexibility index (Phi) is 6.30. The van der Waals surface area contributed by atoms with Gasteiger partial charge in [0.2, 0.25) is 0 Å². The summed E-state index contributed by atoms with van der Waals surface area (Å²) in [6.07, 6.45) is 4.95. The van der Waals surface area contributed by atoms with Gasteiger partial charge in [0.25, 0.3) is 0 Å². The maximum atomic E-state index is 9.20. The van der Waals surface area contributed by atoms with Gasteiger partial charge in [-0.3, -0.25) is 4.90 Å². The number of hydrogen-bond acceptors (Lipinski definition) is 3. The lowest BCUT2D eigenvalue weighted by atomic mass is 9.91. The van der Waals surface area contributed by atoms with E-state index >= 15 is 0 Å². The lowest BCUT2D eigenvalue weighted by Crippen LogP contribution is -2.43. The molecule has 1 aliphatic rings. The molecule has 1 aromatic carbocycles. The van der Waals surface area contributed by atoms with Crippen LogP contribution in [-0.4, -0.2) is 42.8 Å². The molecule has 1 saturated carbocycles. The summed E-state index contributed by atoms with van der Waals surface area (Å²) in [6, 6.07) is 9.09. The molecule has 1 aromatic rings. The van der Waals surface area contributed by atoms with Gasteiger partial charge in [0.15, 0.2) is 0 Å². The highest BCUT2D eigenvalue weighted by Gasteiger charge is 2.24. The summed E-state index contributed by atoms with van der Waals surface area (Å²) in [4.78, 5) is 2.43. The minimum Gasteiger partial charge on any atom is -0.395 e. The van der Waals surface area contributed by atoms with Crippen LogP contribution in [0.3, 0.4) is 0 Å². The topological polar surface area (TPSA) is 35.5 Å². The van der Waals surface area contributed by atoms with Gasteiger partial charge < -0.3 is 10.4 Å². The predicted octanol–water partition coefficient (Wildman–Crippen LogP) is 2.84.